The number of amides is 1. The molecule has 1 atom stereocenters. The van der Waals surface area contributed by atoms with Gasteiger partial charge in [0.15, 0.2) is 11.5 Å². The second kappa shape index (κ2) is 9.12. The zero-order chi connectivity index (χ0) is 23.5. The number of carboxylic acid groups (broad SMARTS) is 1. The number of carbonyl (C=O) groups excluding carboxylic acids is 1. The van der Waals surface area contributed by atoms with Crippen LogP contribution in [0.2, 0.25) is 0 Å². The molecule has 4 rings (SSSR count). The molecule has 0 spiro atoms. The topological polar surface area (TPSA) is 114 Å². The monoisotopic (exact) mass is 448 g/mol. The summed E-state index contributed by atoms with van der Waals surface area (Å²) in [6.07, 6.45) is 1.91. The van der Waals surface area contributed by atoms with Gasteiger partial charge in [-0.25, -0.2) is 4.79 Å². The number of H-pyrrole nitrogens is 1. The Bertz CT molecular complexity index is 1320. The van der Waals surface area contributed by atoms with Crippen molar-refractivity contribution in [3.05, 3.63) is 71.6 Å². The molecule has 0 fully saturated rings. The number of carboxylic acids is 1. The zero-order valence-corrected chi connectivity index (χ0v) is 18.5. The minimum Gasteiger partial charge on any atom is -0.493 e. The highest BCUT2D eigenvalue weighted by Crippen LogP contribution is 2.34. The van der Waals surface area contributed by atoms with Crippen LogP contribution in [-0.2, 0) is 11.2 Å². The fourth-order valence-electron chi connectivity index (χ4n) is 3.80. The van der Waals surface area contributed by atoms with Crippen LogP contribution in [0, 0.1) is 6.92 Å². The fourth-order valence-corrected chi connectivity index (χ4v) is 3.80. The van der Waals surface area contributed by atoms with E-state index in [1.165, 1.54) is 7.11 Å². The summed E-state index contributed by atoms with van der Waals surface area (Å²) < 4.78 is 16.4. The summed E-state index contributed by atoms with van der Waals surface area (Å²) in [4.78, 5) is 28.0. The lowest BCUT2D eigenvalue weighted by atomic mass is 10.0. The number of hydrogen-bond donors (Lipinski definition) is 3. The van der Waals surface area contributed by atoms with Gasteiger partial charge in [-0.15, -0.1) is 0 Å². The Morgan fingerprint density at radius 3 is 2.58 bits per heavy atom. The molecular weight excluding hydrogens is 424 g/mol. The van der Waals surface area contributed by atoms with Gasteiger partial charge in [-0.05, 0) is 42.8 Å². The van der Waals surface area contributed by atoms with Crippen LogP contribution in [-0.4, -0.2) is 42.2 Å². The van der Waals surface area contributed by atoms with Crippen LogP contribution >= 0.6 is 0 Å². The Labute approximate surface area is 190 Å². The van der Waals surface area contributed by atoms with Crippen molar-refractivity contribution in [1.29, 1.82) is 0 Å². The first-order valence-corrected chi connectivity index (χ1v) is 10.3. The average Bonchev–Trinajstić information content (AvgIpc) is 3.41. The number of aromatic amines is 1. The van der Waals surface area contributed by atoms with E-state index in [0.29, 0.717) is 28.6 Å². The maximum absolute atomic E-state index is 13.0. The average molecular weight is 448 g/mol. The van der Waals surface area contributed by atoms with E-state index in [2.05, 4.69) is 10.3 Å². The molecule has 0 aliphatic heterocycles. The predicted molar refractivity (Wildman–Crippen MR) is 123 cm³/mol. The smallest absolute Gasteiger partial charge is 0.326 e. The lowest BCUT2D eigenvalue weighted by Crippen LogP contribution is -2.42. The van der Waals surface area contributed by atoms with Crippen molar-refractivity contribution in [2.75, 3.05) is 14.2 Å². The van der Waals surface area contributed by atoms with Crippen molar-refractivity contribution < 1.29 is 28.6 Å². The van der Waals surface area contributed by atoms with Crippen molar-refractivity contribution in [3.8, 4) is 22.8 Å². The van der Waals surface area contributed by atoms with Crippen LogP contribution < -0.4 is 14.8 Å². The van der Waals surface area contributed by atoms with Gasteiger partial charge in [0.2, 0.25) is 0 Å². The van der Waals surface area contributed by atoms with Crippen LogP contribution in [0.15, 0.2) is 59.1 Å². The number of ether oxygens (including phenoxy) is 2. The number of methoxy groups -OCH3 is 2. The highest BCUT2D eigenvalue weighted by Gasteiger charge is 2.25. The summed E-state index contributed by atoms with van der Waals surface area (Å²) in [7, 11) is 3.08. The number of aromatic nitrogens is 1. The maximum atomic E-state index is 13.0. The molecule has 0 unspecified atom stereocenters. The van der Waals surface area contributed by atoms with Gasteiger partial charge in [0.25, 0.3) is 5.91 Å². The Kier molecular flexibility index (Phi) is 6.08. The molecule has 8 heteroatoms. The molecule has 0 bridgehead atoms. The highest BCUT2D eigenvalue weighted by atomic mass is 16.5. The lowest BCUT2D eigenvalue weighted by Gasteiger charge is -2.14. The summed E-state index contributed by atoms with van der Waals surface area (Å²) >= 11 is 0. The van der Waals surface area contributed by atoms with E-state index in [1.807, 2.05) is 24.3 Å². The van der Waals surface area contributed by atoms with Crippen LogP contribution in [0.5, 0.6) is 11.5 Å². The summed E-state index contributed by atoms with van der Waals surface area (Å²) in [6.45, 7) is 1.66. The van der Waals surface area contributed by atoms with Gasteiger partial charge < -0.3 is 29.3 Å². The van der Waals surface area contributed by atoms with E-state index in [0.717, 1.165) is 16.5 Å². The van der Waals surface area contributed by atoms with Crippen molar-refractivity contribution in [2.24, 2.45) is 0 Å². The van der Waals surface area contributed by atoms with Crippen molar-refractivity contribution >= 4 is 22.8 Å². The van der Waals surface area contributed by atoms with Crippen LogP contribution in [0.4, 0.5) is 0 Å². The van der Waals surface area contributed by atoms with Crippen molar-refractivity contribution in [1.82, 2.24) is 10.3 Å². The van der Waals surface area contributed by atoms with E-state index in [4.69, 9.17) is 13.9 Å². The summed E-state index contributed by atoms with van der Waals surface area (Å²) in [5, 5.41) is 13.3. The van der Waals surface area contributed by atoms with Gasteiger partial charge >= 0.3 is 5.97 Å². The standard InChI is InChI=1S/C25H24N2O6/c1-14-18(12-22(33-14)15-8-9-21(31-2)23(11-15)32-3)24(28)27-20(25(29)30)10-16-13-26-19-7-5-4-6-17(16)19/h4-9,11-13,20,26H,10H2,1-3H3,(H,27,28)(H,29,30)/t20-/m0/s1. The number of carbonyl (C=O) groups is 2. The largest absolute Gasteiger partial charge is 0.493 e. The molecule has 0 aliphatic carbocycles. The number of aryl methyl sites for hydroxylation is 1. The number of hydrogen-bond acceptors (Lipinski definition) is 5. The van der Waals surface area contributed by atoms with E-state index in [-0.39, 0.29) is 12.0 Å². The molecular formula is C25H24N2O6. The molecule has 0 aliphatic rings. The normalized spacial score (nSPS) is 11.8. The molecule has 2 heterocycles. The van der Waals surface area contributed by atoms with Crippen molar-refractivity contribution in [2.45, 2.75) is 19.4 Å². The Hall–Kier alpha value is -4.20. The minimum absolute atomic E-state index is 0.143. The number of para-hydroxylation sites is 1. The zero-order valence-electron chi connectivity index (χ0n) is 18.5. The predicted octanol–water partition coefficient (Wildman–Crippen LogP) is 4.18. The van der Waals surface area contributed by atoms with E-state index in [1.54, 1.807) is 44.5 Å². The first-order chi connectivity index (χ1) is 15.9. The molecule has 8 nitrogen and oxygen atoms in total. The van der Waals surface area contributed by atoms with Gasteiger partial charge in [0, 0.05) is 29.1 Å². The molecule has 4 aromatic rings. The first kappa shape index (κ1) is 22.0. The van der Waals surface area contributed by atoms with Gasteiger partial charge in [-0.1, -0.05) is 18.2 Å². The Morgan fingerprint density at radius 1 is 1.09 bits per heavy atom. The minimum atomic E-state index is -1.12. The third-order valence-corrected chi connectivity index (χ3v) is 5.53. The van der Waals surface area contributed by atoms with E-state index in [9.17, 15) is 14.7 Å². The Morgan fingerprint density at radius 2 is 1.85 bits per heavy atom. The lowest BCUT2D eigenvalue weighted by molar-refractivity contribution is -0.139. The number of rotatable bonds is 8. The Balaban J connectivity index is 1.56. The van der Waals surface area contributed by atoms with Gasteiger partial charge in [-0.3, -0.25) is 4.79 Å². The van der Waals surface area contributed by atoms with Crippen LogP contribution in [0.1, 0.15) is 21.7 Å². The third-order valence-electron chi connectivity index (χ3n) is 5.53. The molecule has 3 N–H and O–H groups in total. The fraction of sp³-hybridized carbons (Fsp3) is 0.200. The van der Waals surface area contributed by atoms with Gasteiger partial charge in [0.1, 0.15) is 17.6 Å². The van der Waals surface area contributed by atoms with E-state index >= 15 is 0 Å². The van der Waals surface area contributed by atoms with Crippen LogP contribution in [0.3, 0.4) is 0 Å². The SMILES string of the molecule is COc1ccc(-c2cc(C(=O)N[C@@H](Cc3c[nH]c4ccccc34)C(=O)O)c(C)o2)cc1OC. The quantitative estimate of drug-likeness (QED) is 0.373. The third kappa shape index (κ3) is 4.41. The summed E-state index contributed by atoms with van der Waals surface area (Å²) in [5.74, 6) is 0.310. The summed E-state index contributed by atoms with van der Waals surface area (Å²) in [6, 6.07) is 13.4. The van der Waals surface area contributed by atoms with Crippen LogP contribution in [0.25, 0.3) is 22.2 Å². The number of furan rings is 1. The summed E-state index contributed by atoms with van der Waals surface area (Å²) in [5.41, 5.74) is 2.69. The molecule has 33 heavy (non-hydrogen) atoms. The van der Waals surface area contributed by atoms with Gasteiger partial charge in [0.05, 0.1) is 19.8 Å². The molecule has 0 saturated carbocycles. The first-order valence-electron chi connectivity index (χ1n) is 10.3. The number of fused-ring (bicyclic) bond motifs is 1. The molecule has 0 radical (unpaired) electrons. The molecule has 170 valence electrons. The molecule has 0 saturated heterocycles. The van der Waals surface area contributed by atoms with Crippen molar-refractivity contribution in [3.63, 3.8) is 0 Å². The second-order valence-corrected chi connectivity index (χ2v) is 7.58. The van der Waals surface area contributed by atoms with Gasteiger partial charge in [-0.2, -0.15) is 0 Å². The maximum Gasteiger partial charge on any atom is 0.326 e. The second-order valence-electron chi connectivity index (χ2n) is 7.58. The number of aliphatic carboxylic acids is 1. The van der Waals surface area contributed by atoms with E-state index < -0.39 is 17.9 Å². The molecule has 1 amide bonds. The number of benzene rings is 2. The highest BCUT2D eigenvalue weighted by molar-refractivity contribution is 5.98. The number of nitrogens with one attached hydrogen (secondary N) is 2. The molecule has 2 aromatic heterocycles. The molecule has 2 aromatic carbocycles.